The van der Waals surface area contributed by atoms with Crippen LogP contribution in [0.2, 0.25) is 0 Å². The Morgan fingerprint density at radius 2 is 1.33 bits per heavy atom. The van der Waals surface area contributed by atoms with E-state index in [0.717, 1.165) is 16.7 Å². The van der Waals surface area contributed by atoms with Crippen LogP contribution in [0.5, 0.6) is 0 Å². The first-order chi connectivity index (χ1) is 20.2. The number of benzene rings is 3. The van der Waals surface area contributed by atoms with E-state index >= 15 is 0 Å². The number of amides is 3. The van der Waals surface area contributed by atoms with Crippen LogP contribution in [0.15, 0.2) is 91.0 Å². The summed E-state index contributed by atoms with van der Waals surface area (Å²) in [6, 6.07) is 26.6. The van der Waals surface area contributed by atoms with Gasteiger partial charge in [-0.15, -0.1) is 0 Å². The highest BCUT2D eigenvalue weighted by atomic mass is 16.5. The van der Waals surface area contributed by atoms with E-state index in [0.29, 0.717) is 6.42 Å². The first kappa shape index (κ1) is 32.1. The summed E-state index contributed by atoms with van der Waals surface area (Å²) in [6.07, 6.45) is -2.17. The van der Waals surface area contributed by atoms with Gasteiger partial charge >= 0.3 is 12.2 Å². The highest BCUT2D eigenvalue weighted by molar-refractivity contribution is 5.85. The lowest BCUT2D eigenvalue weighted by atomic mass is 10.0. The molecule has 10 heteroatoms. The molecule has 0 aliphatic carbocycles. The zero-order valence-corrected chi connectivity index (χ0v) is 24.2. The number of hydrogen-bond acceptors (Lipinski definition) is 7. The summed E-state index contributed by atoms with van der Waals surface area (Å²) < 4.78 is 10.1. The highest BCUT2D eigenvalue weighted by Gasteiger charge is 2.29. The number of nitrogens with one attached hydrogen (secondary N) is 3. The standard InChI is InChI=1S/C32H40N4O6/c1-23(2)29(34-31(39)41-3)30(38)35-36(20-25-15-9-5-10-16-25)21-28(37)27(19-24-13-7-4-8-14-24)33-32(40)42-22-26-17-11-6-12-18-26/h4-18,23,27-29,37H,19-22H2,1-3H3,(H,33,40)(H,34,39)(H,35,38)/t27?,28?,29-/m0/s1. The normalized spacial score (nSPS) is 13.1. The maximum atomic E-state index is 13.3. The van der Waals surface area contributed by atoms with Gasteiger partial charge in [0.2, 0.25) is 0 Å². The van der Waals surface area contributed by atoms with Gasteiger partial charge in [0.25, 0.3) is 5.91 Å². The summed E-state index contributed by atoms with van der Waals surface area (Å²) in [6.45, 7) is 3.93. The Kier molecular flexibility index (Phi) is 12.8. The minimum atomic E-state index is -1.11. The third kappa shape index (κ3) is 10.9. The van der Waals surface area contributed by atoms with E-state index in [1.54, 1.807) is 18.9 Å². The van der Waals surface area contributed by atoms with Crippen molar-refractivity contribution in [1.29, 1.82) is 0 Å². The molecule has 3 aromatic rings. The molecule has 0 bridgehead atoms. The number of hydrazine groups is 1. The van der Waals surface area contributed by atoms with Crippen LogP contribution in [0.25, 0.3) is 0 Å². The number of nitrogens with zero attached hydrogens (tertiary/aromatic N) is 1. The number of carbonyl (C=O) groups excluding carboxylic acids is 3. The van der Waals surface area contributed by atoms with Crippen LogP contribution >= 0.6 is 0 Å². The summed E-state index contributed by atoms with van der Waals surface area (Å²) >= 11 is 0. The Morgan fingerprint density at radius 1 is 0.786 bits per heavy atom. The summed E-state index contributed by atoms with van der Waals surface area (Å²) in [5.74, 6) is -0.701. The molecule has 2 unspecified atom stereocenters. The lowest BCUT2D eigenvalue weighted by Crippen LogP contribution is -2.57. The molecule has 3 atom stereocenters. The summed E-state index contributed by atoms with van der Waals surface area (Å²) in [5.41, 5.74) is 5.48. The molecule has 0 heterocycles. The van der Waals surface area contributed by atoms with Crippen LogP contribution in [0, 0.1) is 5.92 Å². The largest absolute Gasteiger partial charge is 0.453 e. The Bertz CT molecular complexity index is 1240. The quantitative estimate of drug-likeness (QED) is 0.215. The smallest absolute Gasteiger partial charge is 0.407 e. The van der Waals surface area contributed by atoms with Gasteiger partial charge in [0.15, 0.2) is 0 Å². The number of carbonyl (C=O) groups is 3. The maximum absolute atomic E-state index is 13.3. The van der Waals surface area contributed by atoms with Crippen molar-refractivity contribution in [3.63, 3.8) is 0 Å². The predicted octanol–water partition coefficient (Wildman–Crippen LogP) is 3.80. The predicted molar refractivity (Wildman–Crippen MR) is 159 cm³/mol. The molecule has 0 spiro atoms. The van der Waals surface area contributed by atoms with Crippen molar-refractivity contribution in [3.05, 3.63) is 108 Å². The number of methoxy groups -OCH3 is 1. The highest BCUT2D eigenvalue weighted by Crippen LogP contribution is 2.12. The summed E-state index contributed by atoms with van der Waals surface area (Å²) in [5, 5.41) is 18.4. The number of ether oxygens (including phenoxy) is 2. The van der Waals surface area contributed by atoms with E-state index in [4.69, 9.17) is 4.74 Å². The van der Waals surface area contributed by atoms with E-state index in [1.165, 1.54) is 7.11 Å². The topological polar surface area (TPSA) is 129 Å². The molecular formula is C32H40N4O6. The van der Waals surface area contributed by atoms with Crippen molar-refractivity contribution in [2.75, 3.05) is 13.7 Å². The Labute approximate surface area is 247 Å². The fourth-order valence-electron chi connectivity index (χ4n) is 4.32. The molecule has 0 aliphatic heterocycles. The second-order valence-electron chi connectivity index (χ2n) is 10.3. The van der Waals surface area contributed by atoms with E-state index in [9.17, 15) is 19.5 Å². The molecule has 10 nitrogen and oxygen atoms in total. The number of rotatable bonds is 14. The van der Waals surface area contributed by atoms with Crippen molar-refractivity contribution in [1.82, 2.24) is 21.1 Å². The molecule has 4 N–H and O–H groups in total. The lowest BCUT2D eigenvalue weighted by Gasteiger charge is -2.32. The van der Waals surface area contributed by atoms with Crippen LogP contribution in [0.1, 0.15) is 30.5 Å². The third-order valence-electron chi connectivity index (χ3n) is 6.58. The Hall–Kier alpha value is -4.41. The average molecular weight is 577 g/mol. The molecule has 0 saturated heterocycles. The Morgan fingerprint density at radius 3 is 1.88 bits per heavy atom. The molecular weight excluding hydrogens is 536 g/mol. The molecule has 3 rings (SSSR count). The van der Waals surface area contributed by atoms with Gasteiger partial charge < -0.3 is 25.2 Å². The van der Waals surface area contributed by atoms with Gasteiger partial charge in [-0.05, 0) is 29.0 Å². The monoisotopic (exact) mass is 576 g/mol. The second-order valence-corrected chi connectivity index (χ2v) is 10.3. The molecule has 3 amide bonds. The molecule has 3 aromatic carbocycles. The zero-order valence-electron chi connectivity index (χ0n) is 24.2. The van der Waals surface area contributed by atoms with Gasteiger partial charge in [-0.25, -0.2) is 14.6 Å². The Balaban J connectivity index is 1.77. The lowest BCUT2D eigenvalue weighted by molar-refractivity contribution is -0.130. The third-order valence-corrected chi connectivity index (χ3v) is 6.58. The van der Waals surface area contributed by atoms with Crippen molar-refractivity contribution < 1.29 is 29.0 Å². The zero-order chi connectivity index (χ0) is 30.3. The van der Waals surface area contributed by atoms with E-state index in [-0.39, 0.29) is 25.6 Å². The maximum Gasteiger partial charge on any atom is 0.407 e. The number of aliphatic hydroxyl groups is 1. The van der Waals surface area contributed by atoms with E-state index in [2.05, 4.69) is 20.8 Å². The number of aliphatic hydroxyl groups excluding tert-OH is 1. The van der Waals surface area contributed by atoms with Crippen molar-refractivity contribution in [3.8, 4) is 0 Å². The molecule has 0 saturated carbocycles. The fourth-order valence-corrected chi connectivity index (χ4v) is 4.32. The molecule has 0 aromatic heterocycles. The minimum Gasteiger partial charge on any atom is -0.453 e. The fraction of sp³-hybridized carbons (Fsp3) is 0.344. The molecule has 0 aliphatic rings. The first-order valence-electron chi connectivity index (χ1n) is 13.9. The van der Waals surface area contributed by atoms with Crippen molar-refractivity contribution in [2.24, 2.45) is 5.92 Å². The number of hydrogen-bond donors (Lipinski definition) is 4. The van der Waals surface area contributed by atoms with Gasteiger partial charge in [-0.1, -0.05) is 105 Å². The molecule has 0 radical (unpaired) electrons. The van der Waals surface area contributed by atoms with Crippen LogP contribution in [0.3, 0.4) is 0 Å². The number of alkyl carbamates (subject to hydrolysis) is 2. The second kappa shape index (κ2) is 16.8. The van der Waals surface area contributed by atoms with Crippen LogP contribution in [-0.4, -0.2) is 60.1 Å². The van der Waals surface area contributed by atoms with Gasteiger partial charge in [-0.2, -0.15) is 0 Å². The van der Waals surface area contributed by atoms with Gasteiger partial charge in [0.1, 0.15) is 12.6 Å². The SMILES string of the molecule is COC(=O)N[C@H](C(=O)NN(Cc1ccccc1)CC(O)C(Cc1ccccc1)NC(=O)OCc1ccccc1)C(C)C. The van der Waals surface area contributed by atoms with E-state index < -0.39 is 36.3 Å². The van der Waals surface area contributed by atoms with Crippen molar-refractivity contribution in [2.45, 2.75) is 51.6 Å². The molecule has 0 fully saturated rings. The van der Waals surface area contributed by atoms with Crippen LogP contribution < -0.4 is 16.1 Å². The summed E-state index contributed by atoms with van der Waals surface area (Å²) in [4.78, 5) is 38.0. The van der Waals surface area contributed by atoms with E-state index in [1.807, 2.05) is 91.0 Å². The van der Waals surface area contributed by atoms with Gasteiger partial charge in [0, 0.05) is 13.1 Å². The summed E-state index contributed by atoms with van der Waals surface area (Å²) in [7, 11) is 1.23. The van der Waals surface area contributed by atoms with Gasteiger partial charge in [0.05, 0.1) is 19.3 Å². The van der Waals surface area contributed by atoms with Gasteiger partial charge in [-0.3, -0.25) is 10.2 Å². The van der Waals surface area contributed by atoms with Crippen LogP contribution in [0.4, 0.5) is 9.59 Å². The molecule has 42 heavy (non-hydrogen) atoms. The molecule has 224 valence electrons. The van der Waals surface area contributed by atoms with Crippen molar-refractivity contribution >= 4 is 18.1 Å². The first-order valence-corrected chi connectivity index (χ1v) is 13.9. The average Bonchev–Trinajstić information content (AvgIpc) is 2.99. The van der Waals surface area contributed by atoms with Crippen LogP contribution in [-0.2, 0) is 33.8 Å². The minimum absolute atomic E-state index is 0.0276.